The van der Waals surface area contributed by atoms with Crippen molar-refractivity contribution >= 4 is 38.4 Å². The fourth-order valence-electron chi connectivity index (χ4n) is 1.73. The average Bonchev–Trinajstić information content (AvgIpc) is 2.26. The molecule has 0 radical (unpaired) electrons. The van der Waals surface area contributed by atoms with Crippen molar-refractivity contribution in [1.29, 1.82) is 0 Å². The lowest BCUT2D eigenvalue weighted by molar-refractivity contribution is 0.935. The van der Waals surface area contributed by atoms with Gasteiger partial charge in [0, 0.05) is 10.7 Å². The molecule has 0 aliphatic carbocycles. The molecule has 2 aromatic rings. The number of halogens is 2. The molecule has 16 heavy (non-hydrogen) atoms. The van der Waals surface area contributed by atoms with Crippen LogP contribution in [0.3, 0.4) is 0 Å². The van der Waals surface area contributed by atoms with E-state index in [1.165, 1.54) is 10.9 Å². The predicted molar refractivity (Wildman–Crippen MR) is 73.6 cm³/mol. The highest BCUT2D eigenvalue weighted by Gasteiger charge is 2.04. The van der Waals surface area contributed by atoms with Crippen molar-refractivity contribution in [2.45, 2.75) is 19.8 Å². The van der Waals surface area contributed by atoms with Gasteiger partial charge in [0.15, 0.2) is 0 Å². The highest BCUT2D eigenvalue weighted by atomic mass is 79.9. The molecule has 1 aromatic carbocycles. The zero-order chi connectivity index (χ0) is 11.5. The van der Waals surface area contributed by atoms with Gasteiger partial charge in [0.2, 0.25) is 0 Å². The Labute approximate surface area is 109 Å². The van der Waals surface area contributed by atoms with Crippen LogP contribution in [0.1, 0.15) is 17.5 Å². The van der Waals surface area contributed by atoms with E-state index in [-0.39, 0.29) is 0 Å². The van der Waals surface area contributed by atoms with E-state index in [9.17, 15) is 0 Å². The van der Waals surface area contributed by atoms with Crippen LogP contribution in [0.5, 0.6) is 0 Å². The van der Waals surface area contributed by atoms with Crippen molar-refractivity contribution in [3.8, 4) is 0 Å². The van der Waals surface area contributed by atoms with Gasteiger partial charge in [-0.05, 0) is 43.0 Å². The van der Waals surface area contributed by atoms with Gasteiger partial charge in [0.05, 0.1) is 5.52 Å². The first-order valence-corrected chi connectivity index (χ1v) is 6.82. The molecular weight excluding hydrogens is 286 g/mol. The summed E-state index contributed by atoms with van der Waals surface area (Å²) in [5, 5.41) is 2.80. The van der Waals surface area contributed by atoms with Gasteiger partial charge in [-0.2, -0.15) is 0 Å². The first-order chi connectivity index (χ1) is 7.70. The normalized spacial score (nSPS) is 10.9. The molecule has 0 saturated carbocycles. The Morgan fingerprint density at radius 2 is 2.12 bits per heavy atom. The molecule has 0 spiro atoms. The van der Waals surface area contributed by atoms with Crippen LogP contribution in [0.4, 0.5) is 0 Å². The monoisotopic (exact) mass is 297 g/mol. The Hall–Kier alpha value is -0.600. The third kappa shape index (κ3) is 2.55. The third-order valence-electron chi connectivity index (χ3n) is 2.58. The second-order valence-electron chi connectivity index (χ2n) is 3.93. The second kappa shape index (κ2) is 5.15. The number of alkyl halides is 1. The summed E-state index contributed by atoms with van der Waals surface area (Å²) in [5.41, 5.74) is 3.33. The van der Waals surface area contributed by atoms with E-state index in [4.69, 9.17) is 11.6 Å². The van der Waals surface area contributed by atoms with Crippen molar-refractivity contribution in [1.82, 2.24) is 4.98 Å². The van der Waals surface area contributed by atoms with Crippen LogP contribution in [0.2, 0.25) is 5.15 Å². The molecule has 0 aliphatic rings. The van der Waals surface area contributed by atoms with Gasteiger partial charge in [0.25, 0.3) is 0 Å². The van der Waals surface area contributed by atoms with E-state index in [0.29, 0.717) is 5.15 Å². The van der Waals surface area contributed by atoms with E-state index in [0.717, 1.165) is 29.3 Å². The molecule has 0 bridgehead atoms. The summed E-state index contributed by atoms with van der Waals surface area (Å²) in [6, 6.07) is 8.42. The first-order valence-electron chi connectivity index (χ1n) is 5.32. The Balaban J connectivity index is 2.45. The lowest BCUT2D eigenvalue weighted by atomic mass is 10.1. The summed E-state index contributed by atoms with van der Waals surface area (Å²) in [5.74, 6) is 0. The van der Waals surface area contributed by atoms with Crippen LogP contribution in [0.25, 0.3) is 10.9 Å². The molecule has 0 saturated heterocycles. The molecule has 1 aromatic heterocycles. The number of hydrogen-bond donors (Lipinski definition) is 0. The minimum Gasteiger partial charge on any atom is -0.236 e. The fraction of sp³-hybridized carbons (Fsp3) is 0.308. The Morgan fingerprint density at radius 3 is 2.88 bits per heavy atom. The zero-order valence-corrected chi connectivity index (χ0v) is 11.5. The van der Waals surface area contributed by atoms with Crippen LogP contribution in [0, 0.1) is 6.92 Å². The van der Waals surface area contributed by atoms with Gasteiger partial charge in [0.1, 0.15) is 5.15 Å². The van der Waals surface area contributed by atoms with Crippen LogP contribution in [-0.4, -0.2) is 10.3 Å². The highest BCUT2D eigenvalue weighted by Crippen LogP contribution is 2.22. The SMILES string of the molecule is Cc1ccc2cc(CCCBr)c(Cl)nc2c1. The number of rotatable bonds is 3. The van der Waals surface area contributed by atoms with Crippen molar-refractivity contribution in [2.24, 2.45) is 0 Å². The number of fused-ring (bicyclic) bond motifs is 1. The Bertz CT molecular complexity index is 511. The van der Waals surface area contributed by atoms with E-state index in [1.807, 2.05) is 0 Å². The lowest BCUT2D eigenvalue weighted by Crippen LogP contribution is -1.92. The fourth-order valence-corrected chi connectivity index (χ4v) is 2.25. The number of hydrogen-bond acceptors (Lipinski definition) is 1. The quantitative estimate of drug-likeness (QED) is 0.599. The Morgan fingerprint density at radius 1 is 1.31 bits per heavy atom. The van der Waals surface area contributed by atoms with Crippen molar-refractivity contribution in [2.75, 3.05) is 5.33 Å². The predicted octanol–water partition coefficient (Wildman–Crippen LogP) is 4.52. The second-order valence-corrected chi connectivity index (χ2v) is 5.08. The standard InChI is InChI=1S/C13H13BrClN/c1-9-4-5-10-8-11(3-2-6-14)13(15)16-12(10)7-9/h4-5,7-8H,2-3,6H2,1H3. The lowest BCUT2D eigenvalue weighted by Gasteiger charge is -2.05. The largest absolute Gasteiger partial charge is 0.236 e. The molecule has 2 rings (SSSR count). The molecule has 1 nitrogen and oxygen atoms in total. The smallest absolute Gasteiger partial charge is 0.132 e. The van der Waals surface area contributed by atoms with Gasteiger partial charge in [-0.1, -0.05) is 39.7 Å². The number of benzene rings is 1. The molecule has 0 fully saturated rings. The van der Waals surface area contributed by atoms with Gasteiger partial charge < -0.3 is 0 Å². The van der Waals surface area contributed by atoms with Crippen molar-refractivity contribution in [3.63, 3.8) is 0 Å². The third-order valence-corrected chi connectivity index (χ3v) is 3.47. The molecule has 3 heteroatoms. The summed E-state index contributed by atoms with van der Waals surface area (Å²) in [6.07, 6.45) is 2.06. The molecule has 0 amide bonds. The van der Waals surface area contributed by atoms with Crippen LogP contribution < -0.4 is 0 Å². The molecule has 0 atom stereocenters. The van der Waals surface area contributed by atoms with E-state index < -0.39 is 0 Å². The molecule has 0 N–H and O–H groups in total. The summed E-state index contributed by atoms with van der Waals surface area (Å²) in [7, 11) is 0. The molecule has 1 heterocycles. The first kappa shape index (κ1) is 11.9. The van der Waals surface area contributed by atoms with Gasteiger partial charge >= 0.3 is 0 Å². The van der Waals surface area contributed by atoms with Gasteiger partial charge in [-0.15, -0.1) is 0 Å². The molecular formula is C13H13BrClN. The van der Waals surface area contributed by atoms with E-state index in [2.05, 4.69) is 52.1 Å². The topological polar surface area (TPSA) is 12.9 Å². The minimum absolute atomic E-state index is 0.638. The highest BCUT2D eigenvalue weighted by molar-refractivity contribution is 9.09. The summed E-state index contributed by atoms with van der Waals surface area (Å²) in [6.45, 7) is 2.06. The van der Waals surface area contributed by atoms with Crippen LogP contribution in [-0.2, 0) is 6.42 Å². The number of pyridine rings is 1. The summed E-state index contributed by atoms with van der Waals surface area (Å²) in [4.78, 5) is 4.44. The number of nitrogens with zero attached hydrogens (tertiary/aromatic N) is 1. The molecule has 0 aliphatic heterocycles. The van der Waals surface area contributed by atoms with E-state index in [1.54, 1.807) is 0 Å². The van der Waals surface area contributed by atoms with Crippen LogP contribution >= 0.6 is 27.5 Å². The van der Waals surface area contributed by atoms with Gasteiger partial charge in [-0.25, -0.2) is 4.98 Å². The maximum absolute atomic E-state index is 6.16. The molecule has 0 unspecified atom stereocenters. The molecule has 84 valence electrons. The average molecular weight is 299 g/mol. The Kier molecular flexibility index (Phi) is 3.82. The maximum Gasteiger partial charge on any atom is 0.132 e. The number of aryl methyl sites for hydroxylation is 2. The summed E-state index contributed by atoms with van der Waals surface area (Å²) >= 11 is 9.59. The van der Waals surface area contributed by atoms with Crippen LogP contribution in [0.15, 0.2) is 24.3 Å². The minimum atomic E-state index is 0.638. The zero-order valence-electron chi connectivity index (χ0n) is 9.13. The van der Waals surface area contributed by atoms with Gasteiger partial charge in [-0.3, -0.25) is 0 Å². The maximum atomic E-state index is 6.16. The number of aromatic nitrogens is 1. The summed E-state index contributed by atoms with van der Waals surface area (Å²) < 4.78 is 0. The van der Waals surface area contributed by atoms with E-state index >= 15 is 0 Å². The van der Waals surface area contributed by atoms with Crippen molar-refractivity contribution in [3.05, 3.63) is 40.5 Å². The van der Waals surface area contributed by atoms with Crippen molar-refractivity contribution < 1.29 is 0 Å².